The Kier molecular flexibility index (Phi) is 3.17. The normalized spacial score (nSPS) is 12.4. The molecule has 0 spiro atoms. The minimum Gasteiger partial charge on any atom is -0.495 e. The van der Waals surface area contributed by atoms with E-state index in [0.29, 0.717) is 5.75 Å². The SMILES string of the molecule is COc1cccnc1C(N)c1scnc1C. The van der Waals surface area contributed by atoms with E-state index in [9.17, 15) is 0 Å². The zero-order valence-electron chi connectivity index (χ0n) is 9.18. The molecule has 0 saturated heterocycles. The Morgan fingerprint density at radius 1 is 1.44 bits per heavy atom. The molecule has 2 heterocycles. The zero-order chi connectivity index (χ0) is 11.5. The lowest BCUT2D eigenvalue weighted by molar-refractivity contribution is 0.405. The molecule has 0 fully saturated rings. The van der Waals surface area contributed by atoms with Crippen molar-refractivity contribution < 1.29 is 4.74 Å². The Bertz CT molecular complexity index is 484. The number of ether oxygens (including phenoxy) is 1. The molecule has 0 bridgehead atoms. The highest BCUT2D eigenvalue weighted by molar-refractivity contribution is 7.09. The molecule has 1 unspecified atom stereocenters. The molecule has 0 amide bonds. The number of rotatable bonds is 3. The van der Waals surface area contributed by atoms with Gasteiger partial charge in [0.05, 0.1) is 29.2 Å². The van der Waals surface area contributed by atoms with Crippen LogP contribution in [0.25, 0.3) is 0 Å². The van der Waals surface area contributed by atoms with Crippen LogP contribution in [0.4, 0.5) is 0 Å². The molecule has 0 aliphatic heterocycles. The predicted molar refractivity (Wildman–Crippen MR) is 63.7 cm³/mol. The van der Waals surface area contributed by atoms with E-state index in [-0.39, 0.29) is 6.04 Å². The largest absolute Gasteiger partial charge is 0.495 e. The predicted octanol–water partition coefficient (Wildman–Crippen LogP) is 1.90. The number of pyridine rings is 1. The summed E-state index contributed by atoms with van der Waals surface area (Å²) in [5.74, 6) is 0.711. The monoisotopic (exact) mass is 235 g/mol. The molecule has 4 nitrogen and oxygen atoms in total. The molecule has 0 saturated carbocycles. The van der Waals surface area contributed by atoms with Gasteiger partial charge in [0.2, 0.25) is 0 Å². The van der Waals surface area contributed by atoms with E-state index in [1.54, 1.807) is 30.2 Å². The number of methoxy groups -OCH3 is 1. The number of hydrogen-bond donors (Lipinski definition) is 1. The number of nitrogens with two attached hydrogens (primary N) is 1. The number of hydrogen-bond acceptors (Lipinski definition) is 5. The molecule has 0 aliphatic carbocycles. The summed E-state index contributed by atoms with van der Waals surface area (Å²) in [4.78, 5) is 9.49. The standard InChI is InChI=1S/C11H13N3OS/c1-7-11(16-6-14-7)9(12)10-8(15-2)4-3-5-13-10/h3-6,9H,12H2,1-2H3. The minimum absolute atomic E-state index is 0.274. The summed E-state index contributed by atoms with van der Waals surface area (Å²) in [6.07, 6.45) is 1.72. The van der Waals surface area contributed by atoms with Crippen LogP contribution in [0.2, 0.25) is 0 Å². The van der Waals surface area contributed by atoms with Crippen molar-refractivity contribution in [1.29, 1.82) is 0 Å². The minimum atomic E-state index is -0.274. The molecule has 2 aromatic heterocycles. The third-order valence-electron chi connectivity index (χ3n) is 2.38. The molecule has 5 heteroatoms. The second-order valence-electron chi connectivity index (χ2n) is 3.37. The van der Waals surface area contributed by atoms with Gasteiger partial charge in [-0.05, 0) is 19.1 Å². The van der Waals surface area contributed by atoms with Gasteiger partial charge in [0, 0.05) is 6.20 Å². The van der Waals surface area contributed by atoms with Crippen LogP contribution < -0.4 is 10.5 Å². The number of thiazole rings is 1. The van der Waals surface area contributed by atoms with Gasteiger partial charge in [-0.3, -0.25) is 4.98 Å². The van der Waals surface area contributed by atoms with Crippen molar-refractivity contribution in [3.05, 3.63) is 40.1 Å². The van der Waals surface area contributed by atoms with Gasteiger partial charge < -0.3 is 10.5 Å². The third-order valence-corrected chi connectivity index (χ3v) is 3.39. The molecular formula is C11H13N3OS. The van der Waals surface area contributed by atoms with Gasteiger partial charge in [-0.2, -0.15) is 0 Å². The molecule has 2 rings (SSSR count). The Balaban J connectivity index is 2.41. The Morgan fingerprint density at radius 3 is 2.88 bits per heavy atom. The molecule has 2 aromatic rings. The summed E-state index contributed by atoms with van der Waals surface area (Å²) in [7, 11) is 1.62. The lowest BCUT2D eigenvalue weighted by atomic mass is 10.1. The van der Waals surface area contributed by atoms with E-state index in [0.717, 1.165) is 16.3 Å². The van der Waals surface area contributed by atoms with Crippen molar-refractivity contribution in [3.63, 3.8) is 0 Å². The molecular weight excluding hydrogens is 222 g/mol. The van der Waals surface area contributed by atoms with E-state index < -0.39 is 0 Å². The zero-order valence-corrected chi connectivity index (χ0v) is 9.99. The van der Waals surface area contributed by atoms with E-state index in [4.69, 9.17) is 10.5 Å². The van der Waals surface area contributed by atoms with Crippen molar-refractivity contribution in [2.24, 2.45) is 5.73 Å². The lowest BCUT2D eigenvalue weighted by Crippen LogP contribution is -2.14. The summed E-state index contributed by atoms with van der Waals surface area (Å²) in [5, 5.41) is 0. The fraction of sp³-hybridized carbons (Fsp3) is 0.273. The van der Waals surface area contributed by atoms with E-state index in [1.807, 2.05) is 19.1 Å². The molecule has 84 valence electrons. The summed E-state index contributed by atoms with van der Waals surface area (Å²) in [5.41, 5.74) is 9.65. The van der Waals surface area contributed by atoms with Crippen molar-refractivity contribution in [1.82, 2.24) is 9.97 Å². The summed E-state index contributed by atoms with van der Waals surface area (Å²) >= 11 is 1.54. The highest BCUT2D eigenvalue weighted by Crippen LogP contribution is 2.29. The second kappa shape index (κ2) is 4.59. The first kappa shape index (κ1) is 11.0. The average molecular weight is 235 g/mol. The summed E-state index contributed by atoms with van der Waals surface area (Å²) in [6.45, 7) is 1.95. The van der Waals surface area contributed by atoms with E-state index in [1.165, 1.54) is 0 Å². The van der Waals surface area contributed by atoms with Crippen molar-refractivity contribution in [3.8, 4) is 5.75 Å². The number of aromatic nitrogens is 2. The van der Waals surface area contributed by atoms with Crippen LogP contribution in [0.5, 0.6) is 5.75 Å². The fourth-order valence-electron chi connectivity index (χ4n) is 1.54. The first-order chi connectivity index (χ1) is 7.74. The molecule has 0 aromatic carbocycles. The highest BCUT2D eigenvalue weighted by atomic mass is 32.1. The van der Waals surface area contributed by atoms with Gasteiger partial charge in [0.15, 0.2) is 0 Å². The Morgan fingerprint density at radius 2 is 2.25 bits per heavy atom. The smallest absolute Gasteiger partial charge is 0.142 e. The number of nitrogens with zero attached hydrogens (tertiary/aromatic N) is 2. The second-order valence-corrected chi connectivity index (χ2v) is 4.26. The number of aryl methyl sites for hydroxylation is 1. The van der Waals surface area contributed by atoms with E-state index >= 15 is 0 Å². The molecule has 16 heavy (non-hydrogen) atoms. The van der Waals surface area contributed by atoms with Gasteiger partial charge in [-0.1, -0.05) is 0 Å². The summed E-state index contributed by atoms with van der Waals surface area (Å²) in [6, 6.07) is 3.41. The van der Waals surface area contributed by atoms with Crippen LogP contribution in [0, 0.1) is 6.92 Å². The maximum Gasteiger partial charge on any atom is 0.142 e. The molecule has 0 radical (unpaired) electrons. The quantitative estimate of drug-likeness (QED) is 0.882. The Hall–Kier alpha value is -1.46. The topological polar surface area (TPSA) is 61.0 Å². The van der Waals surface area contributed by atoms with E-state index in [2.05, 4.69) is 9.97 Å². The first-order valence-corrected chi connectivity index (χ1v) is 5.76. The molecule has 1 atom stereocenters. The van der Waals surface area contributed by atoms with Gasteiger partial charge >= 0.3 is 0 Å². The van der Waals surface area contributed by atoms with Gasteiger partial charge in [-0.25, -0.2) is 4.98 Å². The van der Waals surface area contributed by atoms with Crippen LogP contribution in [-0.2, 0) is 0 Å². The van der Waals surface area contributed by atoms with Crippen LogP contribution in [0.1, 0.15) is 22.3 Å². The van der Waals surface area contributed by atoms with Crippen molar-refractivity contribution in [2.75, 3.05) is 7.11 Å². The fourth-order valence-corrected chi connectivity index (χ4v) is 2.35. The first-order valence-electron chi connectivity index (χ1n) is 4.88. The van der Waals surface area contributed by atoms with Crippen LogP contribution in [0.15, 0.2) is 23.8 Å². The Labute approximate surface area is 98.1 Å². The maximum absolute atomic E-state index is 6.17. The van der Waals surface area contributed by atoms with Crippen LogP contribution >= 0.6 is 11.3 Å². The highest BCUT2D eigenvalue weighted by Gasteiger charge is 2.18. The molecule has 0 aliphatic rings. The van der Waals surface area contributed by atoms with Crippen LogP contribution in [-0.4, -0.2) is 17.1 Å². The lowest BCUT2D eigenvalue weighted by Gasteiger charge is -2.13. The van der Waals surface area contributed by atoms with Crippen molar-refractivity contribution in [2.45, 2.75) is 13.0 Å². The third kappa shape index (κ3) is 1.91. The average Bonchev–Trinajstić information content (AvgIpc) is 2.74. The van der Waals surface area contributed by atoms with Crippen LogP contribution in [0.3, 0.4) is 0 Å². The van der Waals surface area contributed by atoms with Gasteiger partial charge in [0.25, 0.3) is 0 Å². The van der Waals surface area contributed by atoms with Crippen molar-refractivity contribution >= 4 is 11.3 Å². The van der Waals surface area contributed by atoms with Gasteiger partial charge in [-0.15, -0.1) is 11.3 Å². The molecule has 2 N–H and O–H groups in total. The van der Waals surface area contributed by atoms with Gasteiger partial charge in [0.1, 0.15) is 11.4 Å². The maximum atomic E-state index is 6.17. The summed E-state index contributed by atoms with van der Waals surface area (Å²) < 4.78 is 5.25.